The van der Waals surface area contributed by atoms with Crippen LogP contribution in [0.2, 0.25) is 10.0 Å². The van der Waals surface area contributed by atoms with E-state index in [0.29, 0.717) is 40.1 Å². The van der Waals surface area contributed by atoms with Crippen LogP contribution in [0.5, 0.6) is 11.5 Å². The minimum Gasteiger partial charge on any atom is -0.492 e. The first-order valence-electron chi connectivity index (χ1n) is 8.28. The molecule has 2 aromatic rings. The zero-order chi connectivity index (χ0) is 20.4. The van der Waals surface area contributed by atoms with Crippen molar-refractivity contribution in [1.29, 1.82) is 0 Å². The Morgan fingerprint density at radius 2 is 1.96 bits per heavy atom. The summed E-state index contributed by atoms with van der Waals surface area (Å²) in [6.45, 7) is -0.109. The van der Waals surface area contributed by atoms with Crippen LogP contribution in [0.25, 0.3) is 0 Å². The van der Waals surface area contributed by atoms with Crippen LogP contribution < -0.4 is 14.9 Å². The number of hydrogen-bond acceptors (Lipinski definition) is 5. The van der Waals surface area contributed by atoms with Crippen molar-refractivity contribution in [3.8, 4) is 11.5 Å². The molecule has 0 spiro atoms. The number of amides is 1. The molecule has 0 bridgehead atoms. The Hall–Kier alpha value is -2.77. The second-order valence-corrected chi connectivity index (χ2v) is 6.42. The molecule has 7 nitrogen and oxygen atoms in total. The molecule has 1 amide bonds. The molecule has 148 valence electrons. The number of carbonyl (C=O) groups excluding carboxylic acids is 1. The maximum atomic E-state index is 11.8. The van der Waals surface area contributed by atoms with Crippen molar-refractivity contribution < 1.29 is 24.2 Å². The lowest BCUT2D eigenvalue weighted by Gasteiger charge is -2.07. The van der Waals surface area contributed by atoms with Crippen LogP contribution in [0, 0.1) is 0 Å². The molecule has 2 N–H and O–H groups in total. The van der Waals surface area contributed by atoms with Gasteiger partial charge >= 0.3 is 5.97 Å². The topological polar surface area (TPSA) is 97.2 Å². The number of hydrazone groups is 1. The van der Waals surface area contributed by atoms with Crippen molar-refractivity contribution in [2.24, 2.45) is 5.10 Å². The predicted octanol–water partition coefficient (Wildman–Crippen LogP) is 3.77. The zero-order valence-electron chi connectivity index (χ0n) is 14.7. The first kappa shape index (κ1) is 21.5. The van der Waals surface area contributed by atoms with Gasteiger partial charge in [0.15, 0.2) is 6.61 Å². The first-order chi connectivity index (χ1) is 13.4. The maximum absolute atomic E-state index is 11.8. The van der Waals surface area contributed by atoms with Crippen LogP contribution in [0.3, 0.4) is 0 Å². The summed E-state index contributed by atoms with van der Waals surface area (Å²) in [6.07, 6.45) is 2.15. The summed E-state index contributed by atoms with van der Waals surface area (Å²) in [5.41, 5.74) is 3.07. The standard InChI is InChI=1S/C19H18Cl2N2O5/c20-14-6-7-17(16(21)10-14)27-8-2-5-18(24)23-22-11-13-3-1-4-15(9-13)28-12-19(25)26/h1,3-4,6-7,9-11H,2,5,8,12H2,(H,23,24)(H,25,26). The lowest BCUT2D eigenvalue weighted by molar-refractivity contribution is -0.139. The molecule has 0 aliphatic heterocycles. The molecule has 0 aliphatic rings. The van der Waals surface area contributed by atoms with Crippen molar-refractivity contribution in [2.45, 2.75) is 12.8 Å². The number of carbonyl (C=O) groups is 2. The fourth-order valence-corrected chi connectivity index (χ4v) is 2.53. The summed E-state index contributed by atoms with van der Waals surface area (Å²) in [5, 5.41) is 13.4. The number of carboxylic acid groups (broad SMARTS) is 1. The van der Waals surface area contributed by atoms with Gasteiger partial charge in [0, 0.05) is 11.4 Å². The number of hydrogen-bond donors (Lipinski definition) is 2. The lowest BCUT2D eigenvalue weighted by atomic mass is 10.2. The molecule has 2 rings (SSSR count). The molecule has 9 heteroatoms. The molecular weight excluding hydrogens is 407 g/mol. The van der Waals surface area contributed by atoms with Gasteiger partial charge in [0.25, 0.3) is 0 Å². The first-order valence-corrected chi connectivity index (χ1v) is 9.04. The van der Waals surface area contributed by atoms with Gasteiger partial charge in [-0.2, -0.15) is 5.10 Å². The number of rotatable bonds is 10. The van der Waals surface area contributed by atoms with Gasteiger partial charge in [-0.3, -0.25) is 4.79 Å². The molecular formula is C19H18Cl2N2O5. The molecule has 0 unspecified atom stereocenters. The van der Waals surface area contributed by atoms with Gasteiger partial charge in [-0.15, -0.1) is 0 Å². The van der Waals surface area contributed by atoms with E-state index in [2.05, 4.69) is 10.5 Å². The molecule has 0 fully saturated rings. The number of carboxylic acids is 1. The van der Waals surface area contributed by atoms with E-state index in [1.165, 1.54) is 6.21 Å². The highest BCUT2D eigenvalue weighted by Crippen LogP contribution is 2.27. The lowest BCUT2D eigenvalue weighted by Crippen LogP contribution is -2.18. The van der Waals surface area contributed by atoms with Crippen LogP contribution in [0.1, 0.15) is 18.4 Å². The number of nitrogens with one attached hydrogen (secondary N) is 1. The zero-order valence-corrected chi connectivity index (χ0v) is 16.2. The third-order valence-electron chi connectivity index (χ3n) is 3.32. The number of ether oxygens (including phenoxy) is 2. The summed E-state index contributed by atoms with van der Waals surface area (Å²) in [7, 11) is 0. The predicted molar refractivity (Wildman–Crippen MR) is 107 cm³/mol. The van der Waals surface area contributed by atoms with Gasteiger partial charge in [0.2, 0.25) is 5.91 Å². The van der Waals surface area contributed by atoms with Crippen LogP contribution in [-0.4, -0.2) is 36.4 Å². The highest BCUT2D eigenvalue weighted by atomic mass is 35.5. The average Bonchev–Trinajstić information content (AvgIpc) is 2.65. The number of aliphatic carboxylic acids is 1. The normalized spacial score (nSPS) is 10.6. The van der Waals surface area contributed by atoms with E-state index < -0.39 is 12.6 Å². The molecule has 28 heavy (non-hydrogen) atoms. The third-order valence-corrected chi connectivity index (χ3v) is 3.85. The van der Waals surface area contributed by atoms with Gasteiger partial charge in [-0.25, -0.2) is 10.2 Å². The fraction of sp³-hybridized carbons (Fsp3) is 0.211. The van der Waals surface area contributed by atoms with E-state index in [4.69, 9.17) is 37.8 Å². The smallest absolute Gasteiger partial charge is 0.341 e. The van der Waals surface area contributed by atoms with Crippen molar-refractivity contribution >= 4 is 41.3 Å². The number of nitrogens with zero attached hydrogens (tertiary/aromatic N) is 1. The summed E-state index contributed by atoms with van der Waals surface area (Å²) >= 11 is 11.8. The minimum absolute atomic E-state index is 0.226. The number of benzene rings is 2. The van der Waals surface area contributed by atoms with Gasteiger partial charge in [-0.05, 0) is 42.3 Å². The van der Waals surface area contributed by atoms with E-state index in [9.17, 15) is 9.59 Å². The van der Waals surface area contributed by atoms with Crippen molar-refractivity contribution in [3.05, 3.63) is 58.1 Å². The third kappa shape index (κ3) is 7.85. The van der Waals surface area contributed by atoms with Gasteiger partial charge in [0.05, 0.1) is 17.8 Å². The second-order valence-electron chi connectivity index (χ2n) is 5.57. The Balaban J connectivity index is 1.70. The molecule has 0 radical (unpaired) electrons. The van der Waals surface area contributed by atoms with Gasteiger partial charge in [-0.1, -0.05) is 35.3 Å². The highest BCUT2D eigenvalue weighted by molar-refractivity contribution is 6.35. The summed E-state index contributed by atoms with van der Waals surface area (Å²) in [6, 6.07) is 11.6. The molecule has 0 atom stereocenters. The Kier molecular flexibility index (Phi) is 8.58. The van der Waals surface area contributed by atoms with E-state index in [0.717, 1.165) is 0 Å². The second kappa shape index (κ2) is 11.2. The SMILES string of the molecule is O=C(O)COc1cccc(C=NNC(=O)CCCOc2ccc(Cl)cc2Cl)c1. The molecule has 2 aromatic carbocycles. The highest BCUT2D eigenvalue weighted by Gasteiger charge is 2.04. The van der Waals surface area contributed by atoms with Crippen molar-refractivity contribution in [1.82, 2.24) is 5.43 Å². The van der Waals surface area contributed by atoms with E-state index >= 15 is 0 Å². The molecule has 0 saturated heterocycles. The average molecular weight is 425 g/mol. The van der Waals surface area contributed by atoms with Crippen LogP contribution in [0.15, 0.2) is 47.6 Å². The Labute approximate surface area is 171 Å². The van der Waals surface area contributed by atoms with Crippen molar-refractivity contribution in [2.75, 3.05) is 13.2 Å². The van der Waals surface area contributed by atoms with Crippen LogP contribution >= 0.6 is 23.2 Å². The van der Waals surface area contributed by atoms with E-state index in [1.54, 1.807) is 42.5 Å². The quantitative estimate of drug-likeness (QED) is 0.343. The van der Waals surface area contributed by atoms with E-state index in [-0.39, 0.29) is 12.3 Å². The molecule has 0 aliphatic carbocycles. The summed E-state index contributed by atoms with van der Waals surface area (Å²) in [5.74, 6) is -0.417. The Morgan fingerprint density at radius 1 is 1.14 bits per heavy atom. The monoisotopic (exact) mass is 424 g/mol. The Morgan fingerprint density at radius 3 is 2.71 bits per heavy atom. The van der Waals surface area contributed by atoms with Gasteiger partial charge < -0.3 is 14.6 Å². The molecule has 0 heterocycles. The summed E-state index contributed by atoms with van der Waals surface area (Å²) < 4.78 is 10.6. The molecule has 0 aromatic heterocycles. The molecule has 0 saturated carbocycles. The number of halogens is 2. The van der Waals surface area contributed by atoms with Crippen molar-refractivity contribution in [3.63, 3.8) is 0 Å². The van der Waals surface area contributed by atoms with E-state index in [1.807, 2.05) is 0 Å². The Bertz CT molecular complexity index is 858. The maximum Gasteiger partial charge on any atom is 0.341 e. The van der Waals surface area contributed by atoms with Gasteiger partial charge in [0.1, 0.15) is 11.5 Å². The fourth-order valence-electron chi connectivity index (χ4n) is 2.07. The van der Waals surface area contributed by atoms with Crippen LogP contribution in [0.4, 0.5) is 0 Å². The summed E-state index contributed by atoms with van der Waals surface area (Å²) in [4.78, 5) is 22.3. The van der Waals surface area contributed by atoms with Crippen LogP contribution in [-0.2, 0) is 9.59 Å². The minimum atomic E-state index is -1.06. The largest absolute Gasteiger partial charge is 0.492 e.